The van der Waals surface area contributed by atoms with Gasteiger partial charge in [0, 0.05) is 29.7 Å². The number of hydrogen-bond acceptors (Lipinski definition) is 6. The first-order valence-corrected chi connectivity index (χ1v) is 10.7. The normalized spacial score (nSPS) is 10.4. The second kappa shape index (κ2) is 11.1. The molecule has 4 N–H and O–H groups in total. The molecule has 8 heteroatoms. The van der Waals surface area contributed by atoms with Crippen molar-refractivity contribution in [2.75, 3.05) is 11.9 Å². The number of thiazole rings is 1. The fourth-order valence-electron chi connectivity index (χ4n) is 2.61. The quantitative estimate of drug-likeness (QED) is 0.296. The molecule has 0 saturated carbocycles. The minimum atomic E-state index is -0.212. The van der Waals surface area contributed by atoms with E-state index < -0.39 is 0 Å². The van der Waals surface area contributed by atoms with Gasteiger partial charge >= 0.3 is 0 Å². The maximum absolute atomic E-state index is 12.4. The molecule has 0 fully saturated rings. The molecule has 30 heavy (non-hydrogen) atoms. The van der Waals surface area contributed by atoms with Crippen molar-refractivity contribution >= 4 is 28.8 Å². The van der Waals surface area contributed by atoms with Crippen LogP contribution in [0.25, 0.3) is 0 Å². The van der Waals surface area contributed by atoms with Gasteiger partial charge in [-0.1, -0.05) is 37.3 Å². The van der Waals surface area contributed by atoms with Crippen molar-refractivity contribution in [3.63, 3.8) is 0 Å². The van der Waals surface area contributed by atoms with Gasteiger partial charge in [0.25, 0.3) is 11.8 Å². The molecule has 0 bridgehead atoms. The number of hydrazine groups is 1. The molecule has 2 aromatic carbocycles. The van der Waals surface area contributed by atoms with Gasteiger partial charge in [0.05, 0.1) is 12.2 Å². The monoisotopic (exact) mass is 423 g/mol. The van der Waals surface area contributed by atoms with Gasteiger partial charge < -0.3 is 10.6 Å². The summed E-state index contributed by atoms with van der Waals surface area (Å²) < 4.78 is 0. The fraction of sp³-hybridized carbons (Fsp3) is 0.227. The lowest BCUT2D eigenvalue weighted by atomic mass is 10.1. The van der Waals surface area contributed by atoms with E-state index in [1.807, 2.05) is 54.8 Å². The summed E-state index contributed by atoms with van der Waals surface area (Å²) in [5.74, 6) is -0.394. The fourth-order valence-corrected chi connectivity index (χ4v) is 3.35. The van der Waals surface area contributed by atoms with Crippen LogP contribution in [0.2, 0.25) is 0 Å². The maximum atomic E-state index is 12.4. The molecular weight excluding hydrogens is 398 g/mol. The largest absolute Gasteiger partial charge is 0.379 e. The van der Waals surface area contributed by atoms with Crippen molar-refractivity contribution < 1.29 is 9.59 Å². The molecule has 0 aliphatic carbocycles. The first-order chi connectivity index (χ1) is 14.7. The van der Waals surface area contributed by atoms with Gasteiger partial charge in [-0.3, -0.25) is 15.0 Å². The van der Waals surface area contributed by atoms with Crippen molar-refractivity contribution in [3.8, 4) is 0 Å². The van der Waals surface area contributed by atoms with Crippen LogP contribution < -0.4 is 21.5 Å². The van der Waals surface area contributed by atoms with Crippen molar-refractivity contribution in [2.24, 2.45) is 0 Å². The Morgan fingerprint density at radius 2 is 1.73 bits per heavy atom. The Morgan fingerprint density at radius 3 is 2.47 bits per heavy atom. The van der Waals surface area contributed by atoms with E-state index in [9.17, 15) is 9.59 Å². The van der Waals surface area contributed by atoms with E-state index in [-0.39, 0.29) is 11.8 Å². The zero-order chi connectivity index (χ0) is 21.2. The molecule has 0 aliphatic rings. The standard InChI is InChI=1S/C22H25N5O2S/c1-2-12-25-27-20(28)17-10-8-16(9-11-17)13-24-21(29)22-26-19(15-30-22)14-23-18-6-4-3-5-7-18/h3-11,15,23,25H,2,12-14H2,1H3,(H,24,29)(H,27,28). The summed E-state index contributed by atoms with van der Waals surface area (Å²) in [6.45, 7) is 3.67. The number of nitrogens with zero attached hydrogens (tertiary/aromatic N) is 1. The number of nitrogens with one attached hydrogen (secondary N) is 4. The molecule has 0 atom stereocenters. The molecule has 0 saturated heterocycles. The Hall–Kier alpha value is -3.23. The molecule has 1 heterocycles. The third-order valence-electron chi connectivity index (χ3n) is 4.24. The van der Waals surface area contributed by atoms with E-state index in [1.165, 1.54) is 11.3 Å². The highest BCUT2D eigenvalue weighted by molar-refractivity contribution is 7.11. The number of aromatic nitrogens is 1. The van der Waals surface area contributed by atoms with Crippen molar-refractivity contribution in [2.45, 2.75) is 26.4 Å². The predicted octanol–water partition coefficient (Wildman–Crippen LogP) is 3.33. The van der Waals surface area contributed by atoms with E-state index in [1.54, 1.807) is 12.1 Å². The molecule has 3 rings (SSSR count). The summed E-state index contributed by atoms with van der Waals surface area (Å²) in [6, 6.07) is 17.0. The SMILES string of the molecule is CCCNNC(=O)c1ccc(CNC(=O)c2nc(CNc3ccccc3)cs2)cc1. The number of rotatable bonds is 10. The first-order valence-electron chi connectivity index (χ1n) is 9.79. The number of benzene rings is 2. The molecule has 156 valence electrons. The van der Waals surface area contributed by atoms with E-state index in [0.29, 0.717) is 23.7 Å². The molecule has 0 unspecified atom stereocenters. The van der Waals surface area contributed by atoms with Gasteiger partial charge in [-0.15, -0.1) is 11.3 Å². The van der Waals surface area contributed by atoms with Crippen LogP contribution in [0.5, 0.6) is 0 Å². The van der Waals surface area contributed by atoms with Crippen LogP contribution in [-0.4, -0.2) is 23.3 Å². The van der Waals surface area contributed by atoms with E-state index in [2.05, 4.69) is 26.5 Å². The lowest BCUT2D eigenvalue weighted by Crippen LogP contribution is -2.37. The number of carbonyl (C=O) groups excluding carboxylic acids is 2. The lowest BCUT2D eigenvalue weighted by molar-refractivity contribution is 0.0929. The van der Waals surface area contributed by atoms with E-state index in [0.717, 1.165) is 29.9 Å². The molecule has 1 aromatic heterocycles. The van der Waals surface area contributed by atoms with E-state index in [4.69, 9.17) is 0 Å². The predicted molar refractivity (Wildman–Crippen MR) is 119 cm³/mol. The highest BCUT2D eigenvalue weighted by atomic mass is 32.1. The minimum absolute atomic E-state index is 0.182. The topological polar surface area (TPSA) is 95.1 Å². The van der Waals surface area contributed by atoms with Crippen LogP contribution in [0.3, 0.4) is 0 Å². The Morgan fingerprint density at radius 1 is 0.967 bits per heavy atom. The van der Waals surface area contributed by atoms with Gasteiger partial charge in [-0.2, -0.15) is 0 Å². The summed E-state index contributed by atoms with van der Waals surface area (Å²) in [4.78, 5) is 28.7. The van der Waals surface area contributed by atoms with Crippen LogP contribution in [-0.2, 0) is 13.1 Å². The van der Waals surface area contributed by atoms with Gasteiger partial charge in [0.15, 0.2) is 5.01 Å². The number of hydrogen-bond donors (Lipinski definition) is 4. The lowest BCUT2D eigenvalue weighted by Gasteiger charge is -2.07. The minimum Gasteiger partial charge on any atom is -0.379 e. The zero-order valence-corrected chi connectivity index (χ0v) is 17.6. The highest BCUT2D eigenvalue weighted by Crippen LogP contribution is 2.13. The number of amides is 2. The Kier molecular flexibility index (Phi) is 7.94. The second-order valence-corrected chi connectivity index (χ2v) is 7.48. The molecule has 7 nitrogen and oxygen atoms in total. The Bertz CT molecular complexity index is 957. The first kappa shape index (κ1) is 21.5. The smallest absolute Gasteiger partial charge is 0.280 e. The summed E-state index contributed by atoms with van der Waals surface area (Å²) in [5, 5.41) is 8.45. The third kappa shape index (κ3) is 6.40. The summed E-state index contributed by atoms with van der Waals surface area (Å²) >= 11 is 1.32. The highest BCUT2D eigenvalue weighted by Gasteiger charge is 2.11. The van der Waals surface area contributed by atoms with Gasteiger partial charge in [0.1, 0.15) is 0 Å². The summed E-state index contributed by atoms with van der Waals surface area (Å²) in [6.07, 6.45) is 0.934. The molecule has 0 aliphatic heterocycles. The van der Waals surface area contributed by atoms with Crippen LogP contribution in [0, 0.1) is 0 Å². The number of carbonyl (C=O) groups is 2. The summed E-state index contributed by atoms with van der Waals surface area (Å²) in [7, 11) is 0. The average Bonchev–Trinajstić information content (AvgIpc) is 3.26. The van der Waals surface area contributed by atoms with Crippen LogP contribution in [0.4, 0.5) is 5.69 Å². The molecule has 0 spiro atoms. The average molecular weight is 424 g/mol. The van der Waals surface area contributed by atoms with Crippen molar-refractivity contribution in [3.05, 3.63) is 81.8 Å². The Balaban J connectivity index is 1.46. The van der Waals surface area contributed by atoms with Gasteiger partial charge in [-0.25, -0.2) is 10.4 Å². The molecule has 2 amide bonds. The number of anilines is 1. The van der Waals surface area contributed by atoms with Crippen LogP contribution >= 0.6 is 11.3 Å². The number of para-hydroxylation sites is 1. The summed E-state index contributed by atoms with van der Waals surface area (Å²) in [5.41, 5.74) is 8.80. The van der Waals surface area contributed by atoms with Gasteiger partial charge in [-0.05, 0) is 36.2 Å². The maximum Gasteiger partial charge on any atom is 0.280 e. The van der Waals surface area contributed by atoms with Crippen LogP contribution in [0.15, 0.2) is 60.0 Å². The van der Waals surface area contributed by atoms with Gasteiger partial charge in [0.2, 0.25) is 0 Å². The van der Waals surface area contributed by atoms with Crippen molar-refractivity contribution in [1.82, 2.24) is 21.2 Å². The van der Waals surface area contributed by atoms with E-state index >= 15 is 0 Å². The zero-order valence-electron chi connectivity index (χ0n) is 16.8. The third-order valence-corrected chi connectivity index (χ3v) is 5.13. The van der Waals surface area contributed by atoms with Crippen LogP contribution in [0.1, 0.15) is 44.8 Å². The second-order valence-electron chi connectivity index (χ2n) is 6.62. The molecule has 0 radical (unpaired) electrons. The molecule has 3 aromatic rings. The Labute approximate surface area is 179 Å². The molecular formula is C22H25N5O2S. The van der Waals surface area contributed by atoms with Crippen molar-refractivity contribution in [1.29, 1.82) is 0 Å².